The Morgan fingerprint density at radius 2 is 2.25 bits per heavy atom. The molecule has 1 amide bonds. The van der Waals surface area contributed by atoms with Gasteiger partial charge in [-0.1, -0.05) is 26.7 Å². The minimum Gasteiger partial charge on any atom is -0.618 e. The van der Waals surface area contributed by atoms with E-state index in [2.05, 4.69) is 19.2 Å². The number of nitrogens with one attached hydrogen (secondary N) is 1. The van der Waals surface area contributed by atoms with Gasteiger partial charge in [0.1, 0.15) is 0 Å². The molecule has 110 valence electrons. The van der Waals surface area contributed by atoms with Crippen molar-refractivity contribution in [3.63, 3.8) is 0 Å². The maximum absolute atomic E-state index is 12.0. The molecule has 1 saturated carbocycles. The number of rotatable bonds is 4. The van der Waals surface area contributed by atoms with Gasteiger partial charge in [0.2, 0.25) is 5.91 Å². The molecule has 1 aromatic heterocycles. The first kappa shape index (κ1) is 15.2. The quantitative estimate of drug-likeness (QED) is 0.527. The van der Waals surface area contributed by atoms with Crippen molar-refractivity contribution < 1.29 is 9.52 Å². The molecule has 1 aliphatic carbocycles. The van der Waals surface area contributed by atoms with Gasteiger partial charge in [-0.3, -0.25) is 4.79 Å². The second-order valence-corrected chi connectivity index (χ2v) is 6.59. The third kappa shape index (κ3) is 3.88. The highest BCUT2D eigenvalue weighted by Crippen LogP contribution is 2.29. The van der Waals surface area contributed by atoms with E-state index in [1.165, 1.54) is 30.8 Å². The number of carbonyl (C=O) groups is 1. The SMILES string of the molecule is C[C@H]1[C@@H](NC(=O)CSc2cccc[n+]2[O-])CCC[C@@H]1C. The number of thioether (sulfide) groups is 1. The van der Waals surface area contributed by atoms with E-state index in [0.717, 1.165) is 11.2 Å². The number of carbonyl (C=O) groups excluding carboxylic acids is 1. The fraction of sp³-hybridized carbons (Fsp3) is 0.600. The Labute approximate surface area is 124 Å². The van der Waals surface area contributed by atoms with Gasteiger partial charge < -0.3 is 10.5 Å². The van der Waals surface area contributed by atoms with Crippen molar-refractivity contribution in [2.24, 2.45) is 11.8 Å². The number of pyridine rings is 1. The van der Waals surface area contributed by atoms with E-state index < -0.39 is 0 Å². The average molecular weight is 294 g/mol. The molecule has 20 heavy (non-hydrogen) atoms. The Morgan fingerprint density at radius 3 is 3.00 bits per heavy atom. The van der Waals surface area contributed by atoms with E-state index in [1.807, 2.05) is 0 Å². The average Bonchev–Trinajstić information content (AvgIpc) is 2.43. The molecule has 0 saturated heterocycles. The number of amides is 1. The number of hydrogen-bond donors (Lipinski definition) is 1. The highest BCUT2D eigenvalue weighted by Gasteiger charge is 2.28. The van der Waals surface area contributed by atoms with Crippen molar-refractivity contribution in [2.75, 3.05) is 5.75 Å². The topological polar surface area (TPSA) is 56.0 Å². The summed E-state index contributed by atoms with van der Waals surface area (Å²) in [6, 6.07) is 5.50. The predicted octanol–water partition coefficient (Wildman–Crippen LogP) is 2.35. The monoisotopic (exact) mass is 294 g/mol. The molecule has 0 bridgehead atoms. The lowest BCUT2D eigenvalue weighted by Crippen LogP contribution is -2.44. The van der Waals surface area contributed by atoms with Gasteiger partial charge >= 0.3 is 0 Å². The fourth-order valence-electron chi connectivity index (χ4n) is 2.70. The van der Waals surface area contributed by atoms with Gasteiger partial charge in [0.05, 0.1) is 5.75 Å². The summed E-state index contributed by atoms with van der Waals surface area (Å²) in [6.45, 7) is 4.47. The summed E-state index contributed by atoms with van der Waals surface area (Å²) < 4.78 is 0.795. The Hall–Kier alpha value is -1.23. The van der Waals surface area contributed by atoms with Gasteiger partial charge in [0, 0.05) is 18.2 Å². The summed E-state index contributed by atoms with van der Waals surface area (Å²) in [5.41, 5.74) is 0. The molecule has 0 unspecified atom stereocenters. The van der Waals surface area contributed by atoms with Crippen LogP contribution in [0.3, 0.4) is 0 Å². The van der Waals surface area contributed by atoms with Crippen LogP contribution in [0.1, 0.15) is 33.1 Å². The van der Waals surface area contributed by atoms with Crippen LogP contribution < -0.4 is 10.0 Å². The fourth-order valence-corrected chi connectivity index (χ4v) is 3.42. The zero-order valence-corrected chi connectivity index (χ0v) is 12.9. The highest BCUT2D eigenvalue weighted by molar-refractivity contribution is 7.99. The summed E-state index contributed by atoms with van der Waals surface area (Å²) in [5, 5.41) is 15.2. The van der Waals surface area contributed by atoms with Gasteiger partial charge in [0.25, 0.3) is 5.03 Å². The molecular formula is C15H22N2O2S. The van der Waals surface area contributed by atoms with Gasteiger partial charge in [-0.25, -0.2) is 0 Å². The van der Waals surface area contributed by atoms with Crippen LogP contribution >= 0.6 is 11.8 Å². The number of hydrogen-bond acceptors (Lipinski definition) is 3. The van der Waals surface area contributed by atoms with Crippen LogP contribution in [0.25, 0.3) is 0 Å². The molecule has 2 rings (SSSR count). The smallest absolute Gasteiger partial charge is 0.251 e. The zero-order chi connectivity index (χ0) is 14.5. The van der Waals surface area contributed by atoms with Gasteiger partial charge in [-0.2, -0.15) is 4.73 Å². The van der Waals surface area contributed by atoms with E-state index in [0.29, 0.717) is 22.6 Å². The Kier molecular flexibility index (Phi) is 5.29. The second kappa shape index (κ2) is 6.97. The van der Waals surface area contributed by atoms with Crippen molar-refractivity contribution >= 4 is 17.7 Å². The lowest BCUT2D eigenvalue weighted by atomic mass is 9.78. The minimum atomic E-state index is 0.0183. The van der Waals surface area contributed by atoms with E-state index >= 15 is 0 Å². The van der Waals surface area contributed by atoms with Crippen LogP contribution in [0.15, 0.2) is 29.4 Å². The Balaban J connectivity index is 1.82. The van der Waals surface area contributed by atoms with Crippen LogP contribution in [0.4, 0.5) is 0 Å². The lowest BCUT2D eigenvalue weighted by Gasteiger charge is -2.34. The molecule has 1 fully saturated rings. The molecule has 0 spiro atoms. The standard InChI is InChI=1S/C15H22N2O2S/c1-11-6-5-7-13(12(11)2)16-14(18)10-20-15-8-3-4-9-17(15)19/h3-4,8-9,11-13H,5-7,10H2,1-2H3,(H,16,18)/t11-,12+,13-/m0/s1. The summed E-state index contributed by atoms with van der Waals surface area (Å²) in [5.74, 6) is 1.51. The highest BCUT2D eigenvalue weighted by atomic mass is 32.2. The Morgan fingerprint density at radius 1 is 1.45 bits per heavy atom. The molecule has 4 nitrogen and oxygen atoms in total. The molecule has 5 heteroatoms. The molecular weight excluding hydrogens is 272 g/mol. The van der Waals surface area contributed by atoms with Crippen molar-refractivity contribution in [1.29, 1.82) is 0 Å². The number of aromatic nitrogens is 1. The molecule has 1 N–H and O–H groups in total. The lowest BCUT2D eigenvalue weighted by molar-refractivity contribution is -0.645. The first-order chi connectivity index (χ1) is 9.58. The van der Waals surface area contributed by atoms with Gasteiger partial charge in [-0.05, 0) is 36.1 Å². The van der Waals surface area contributed by atoms with Crippen LogP contribution in [0.5, 0.6) is 0 Å². The van der Waals surface area contributed by atoms with E-state index in [1.54, 1.807) is 18.2 Å². The van der Waals surface area contributed by atoms with Crippen LogP contribution in [0.2, 0.25) is 0 Å². The normalized spacial score (nSPS) is 26.2. The summed E-state index contributed by atoms with van der Waals surface area (Å²) in [7, 11) is 0. The first-order valence-corrected chi connectivity index (χ1v) is 8.17. The third-order valence-corrected chi connectivity index (χ3v) is 5.21. The van der Waals surface area contributed by atoms with Crippen LogP contribution in [-0.4, -0.2) is 17.7 Å². The van der Waals surface area contributed by atoms with Crippen molar-refractivity contribution in [3.05, 3.63) is 29.6 Å². The van der Waals surface area contributed by atoms with E-state index in [9.17, 15) is 10.0 Å². The first-order valence-electron chi connectivity index (χ1n) is 7.18. The largest absolute Gasteiger partial charge is 0.618 e. The van der Waals surface area contributed by atoms with Gasteiger partial charge in [-0.15, -0.1) is 0 Å². The predicted molar refractivity (Wildman–Crippen MR) is 80.2 cm³/mol. The maximum Gasteiger partial charge on any atom is 0.251 e. The zero-order valence-electron chi connectivity index (χ0n) is 12.0. The summed E-state index contributed by atoms with van der Waals surface area (Å²) in [6.07, 6.45) is 4.95. The Bertz CT molecular complexity index is 467. The molecule has 0 aromatic carbocycles. The van der Waals surface area contributed by atoms with E-state index in [-0.39, 0.29) is 11.9 Å². The van der Waals surface area contributed by atoms with E-state index in [4.69, 9.17) is 0 Å². The third-order valence-electron chi connectivity index (χ3n) is 4.19. The summed E-state index contributed by atoms with van der Waals surface area (Å²) in [4.78, 5) is 12.0. The summed E-state index contributed by atoms with van der Waals surface area (Å²) >= 11 is 1.28. The van der Waals surface area contributed by atoms with Gasteiger partial charge in [0.15, 0.2) is 6.20 Å². The molecule has 0 aliphatic heterocycles. The minimum absolute atomic E-state index is 0.0183. The number of nitrogens with zero attached hydrogens (tertiary/aromatic N) is 1. The second-order valence-electron chi connectivity index (χ2n) is 5.59. The van der Waals surface area contributed by atoms with Crippen molar-refractivity contribution in [2.45, 2.75) is 44.2 Å². The molecule has 1 aliphatic rings. The molecule has 1 aromatic rings. The van der Waals surface area contributed by atoms with Crippen LogP contribution in [-0.2, 0) is 4.79 Å². The van der Waals surface area contributed by atoms with Crippen molar-refractivity contribution in [3.8, 4) is 0 Å². The molecule has 1 heterocycles. The van der Waals surface area contributed by atoms with Crippen molar-refractivity contribution in [1.82, 2.24) is 5.32 Å². The van der Waals surface area contributed by atoms with Crippen LogP contribution in [0, 0.1) is 17.0 Å². The maximum atomic E-state index is 12.0. The molecule has 0 radical (unpaired) electrons. The molecule has 3 atom stereocenters.